The van der Waals surface area contributed by atoms with Crippen LogP contribution in [0.2, 0.25) is 0 Å². The molecule has 2 aromatic rings. The van der Waals surface area contributed by atoms with E-state index in [1.807, 2.05) is 54.6 Å². The maximum atomic E-state index is 12.0. The Labute approximate surface area is 148 Å². The van der Waals surface area contributed by atoms with Crippen LogP contribution in [-0.4, -0.2) is 25.0 Å². The molecule has 0 saturated heterocycles. The molecule has 0 aromatic heterocycles. The van der Waals surface area contributed by atoms with Crippen molar-refractivity contribution in [2.24, 2.45) is 0 Å². The lowest BCUT2D eigenvalue weighted by atomic mass is 10.0. The standard InChI is InChI=1S/C20H24N2O3/c1-15(2)17-10-6-7-11-18(17)22-20(24)14-21-19(23)12-13-25-16-8-4-3-5-9-16/h3-11,15H,12-14H2,1-2H3,(H,21,23)(H,22,24). The molecule has 2 aromatic carbocycles. The van der Waals surface area contributed by atoms with Gasteiger partial charge in [0.15, 0.2) is 0 Å². The molecule has 2 N–H and O–H groups in total. The Kier molecular flexibility index (Phi) is 7.01. The van der Waals surface area contributed by atoms with Crippen LogP contribution < -0.4 is 15.4 Å². The second-order valence-electron chi connectivity index (χ2n) is 5.98. The van der Waals surface area contributed by atoms with Gasteiger partial charge in [-0.1, -0.05) is 50.2 Å². The Morgan fingerprint density at radius 3 is 2.36 bits per heavy atom. The maximum absolute atomic E-state index is 12.0. The van der Waals surface area contributed by atoms with Crippen LogP contribution >= 0.6 is 0 Å². The molecule has 0 fully saturated rings. The van der Waals surface area contributed by atoms with E-state index in [4.69, 9.17) is 4.74 Å². The highest BCUT2D eigenvalue weighted by molar-refractivity contribution is 5.95. The van der Waals surface area contributed by atoms with Crippen molar-refractivity contribution in [3.8, 4) is 5.75 Å². The molecule has 25 heavy (non-hydrogen) atoms. The van der Waals surface area contributed by atoms with Gasteiger partial charge < -0.3 is 15.4 Å². The monoisotopic (exact) mass is 340 g/mol. The Morgan fingerprint density at radius 2 is 1.64 bits per heavy atom. The van der Waals surface area contributed by atoms with Gasteiger partial charge in [-0.25, -0.2) is 0 Å². The first-order valence-electron chi connectivity index (χ1n) is 8.39. The molecule has 0 bridgehead atoms. The van der Waals surface area contributed by atoms with Crippen LogP contribution in [0.1, 0.15) is 31.7 Å². The lowest BCUT2D eigenvalue weighted by Crippen LogP contribution is -2.33. The van der Waals surface area contributed by atoms with Crippen LogP contribution in [0.4, 0.5) is 5.69 Å². The molecule has 0 unspecified atom stereocenters. The number of ether oxygens (including phenoxy) is 1. The van der Waals surface area contributed by atoms with Gasteiger partial charge in [0.05, 0.1) is 19.6 Å². The number of nitrogens with one attached hydrogen (secondary N) is 2. The van der Waals surface area contributed by atoms with Gasteiger partial charge in [0, 0.05) is 5.69 Å². The van der Waals surface area contributed by atoms with Crippen molar-refractivity contribution < 1.29 is 14.3 Å². The molecule has 0 radical (unpaired) electrons. The van der Waals surface area contributed by atoms with E-state index in [0.29, 0.717) is 5.92 Å². The lowest BCUT2D eigenvalue weighted by Gasteiger charge is -2.14. The number of carbonyl (C=O) groups excluding carboxylic acids is 2. The Hall–Kier alpha value is -2.82. The van der Waals surface area contributed by atoms with Gasteiger partial charge in [-0.3, -0.25) is 9.59 Å². The van der Waals surface area contributed by atoms with Gasteiger partial charge in [-0.15, -0.1) is 0 Å². The minimum Gasteiger partial charge on any atom is -0.493 e. The minimum absolute atomic E-state index is 0.0589. The van der Waals surface area contributed by atoms with Gasteiger partial charge in [0.2, 0.25) is 11.8 Å². The number of hydrogen-bond donors (Lipinski definition) is 2. The molecule has 5 heteroatoms. The average Bonchev–Trinajstić information content (AvgIpc) is 2.61. The first kappa shape index (κ1) is 18.5. The van der Waals surface area contributed by atoms with Crippen LogP contribution in [0.15, 0.2) is 54.6 Å². The number of benzene rings is 2. The van der Waals surface area contributed by atoms with E-state index in [9.17, 15) is 9.59 Å². The first-order valence-corrected chi connectivity index (χ1v) is 8.39. The SMILES string of the molecule is CC(C)c1ccccc1NC(=O)CNC(=O)CCOc1ccccc1. The third-order valence-corrected chi connectivity index (χ3v) is 3.64. The molecule has 5 nitrogen and oxygen atoms in total. The summed E-state index contributed by atoms with van der Waals surface area (Å²) >= 11 is 0. The second kappa shape index (κ2) is 9.47. The number of para-hydroxylation sites is 2. The topological polar surface area (TPSA) is 67.4 Å². The molecule has 2 rings (SSSR count). The highest BCUT2D eigenvalue weighted by Crippen LogP contribution is 2.23. The lowest BCUT2D eigenvalue weighted by molar-refractivity contribution is -0.124. The molecular weight excluding hydrogens is 316 g/mol. The highest BCUT2D eigenvalue weighted by atomic mass is 16.5. The number of rotatable bonds is 8. The van der Waals surface area contributed by atoms with Gasteiger partial charge in [-0.2, -0.15) is 0 Å². The molecule has 0 aliphatic heterocycles. The molecular formula is C20H24N2O3. The summed E-state index contributed by atoms with van der Waals surface area (Å²) in [7, 11) is 0. The molecule has 0 aliphatic rings. The first-order chi connectivity index (χ1) is 12.1. The van der Waals surface area contributed by atoms with Crippen molar-refractivity contribution in [2.45, 2.75) is 26.2 Å². The van der Waals surface area contributed by atoms with E-state index in [2.05, 4.69) is 24.5 Å². The summed E-state index contributed by atoms with van der Waals surface area (Å²) in [5.41, 5.74) is 1.85. The van der Waals surface area contributed by atoms with Crippen molar-refractivity contribution in [2.75, 3.05) is 18.5 Å². The molecule has 132 valence electrons. The number of carbonyl (C=O) groups is 2. The summed E-state index contributed by atoms with van der Waals surface area (Å²) in [6.07, 6.45) is 0.199. The fourth-order valence-corrected chi connectivity index (χ4v) is 2.35. The molecule has 0 atom stereocenters. The number of anilines is 1. The fourth-order valence-electron chi connectivity index (χ4n) is 2.35. The van der Waals surface area contributed by atoms with E-state index in [1.54, 1.807) is 0 Å². The molecule has 0 spiro atoms. The van der Waals surface area contributed by atoms with Crippen LogP contribution in [-0.2, 0) is 9.59 Å². The van der Waals surface area contributed by atoms with E-state index in [-0.39, 0.29) is 31.4 Å². The fraction of sp³-hybridized carbons (Fsp3) is 0.300. The largest absolute Gasteiger partial charge is 0.493 e. The second-order valence-corrected chi connectivity index (χ2v) is 5.98. The minimum atomic E-state index is -0.245. The summed E-state index contributed by atoms with van der Waals surface area (Å²) in [6.45, 7) is 4.35. The Balaban J connectivity index is 1.72. The summed E-state index contributed by atoms with van der Waals surface area (Å²) < 4.78 is 5.46. The molecule has 0 saturated carbocycles. The molecule has 0 heterocycles. The quantitative estimate of drug-likeness (QED) is 0.774. The van der Waals surface area contributed by atoms with Crippen molar-refractivity contribution >= 4 is 17.5 Å². The van der Waals surface area contributed by atoms with E-state index < -0.39 is 0 Å². The van der Waals surface area contributed by atoms with Crippen molar-refractivity contribution in [3.63, 3.8) is 0 Å². The zero-order valence-electron chi connectivity index (χ0n) is 14.6. The smallest absolute Gasteiger partial charge is 0.243 e. The van der Waals surface area contributed by atoms with Gasteiger partial charge >= 0.3 is 0 Å². The Bertz CT molecular complexity index is 699. The molecule has 2 amide bonds. The maximum Gasteiger partial charge on any atom is 0.243 e. The van der Waals surface area contributed by atoms with Crippen molar-refractivity contribution in [1.82, 2.24) is 5.32 Å². The summed E-state index contributed by atoms with van der Waals surface area (Å²) in [5, 5.41) is 5.45. The van der Waals surface area contributed by atoms with Crippen LogP contribution in [0.3, 0.4) is 0 Å². The van der Waals surface area contributed by atoms with Gasteiger partial charge in [0.1, 0.15) is 5.75 Å². The van der Waals surface area contributed by atoms with Crippen molar-refractivity contribution in [1.29, 1.82) is 0 Å². The Morgan fingerprint density at radius 1 is 0.960 bits per heavy atom. The van der Waals surface area contributed by atoms with Crippen LogP contribution in [0.25, 0.3) is 0 Å². The average molecular weight is 340 g/mol. The van der Waals surface area contributed by atoms with Crippen molar-refractivity contribution in [3.05, 3.63) is 60.2 Å². The number of amides is 2. The normalized spacial score (nSPS) is 10.4. The molecule has 0 aliphatic carbocycles. The van der Waals surface area contributed by atoms with Gasteiger partial charge in [-0.05, 0) is 29.7 Å². The van der Waals surface area contributed by atoms with E-state index >= 15 is 0 Å². The number of hydrogen-bond acceptors (Lipinski definition) is 3. The van der Waals surface area contributed by atoms with Gasteiger partial charge in [0.25, 0.3) is 0 Å². The zero-order valence-corrected chi connectivity index (χ0v) is 14.6. The summed E-state index contributed by atoms with van der Waals surface area (Å²) in [6, 6.07) is 17.0. The predicted molar refractivity (Wildman–Crippen MR) is 98.7 cm³/mol. The van der Waals surface area contributed by atoms with Crippen LogP contribution in [0.5, 0.6) is 5.75 Å². The van der Waals surface area contributed by atoms with Crippen LogP contribution in [0, 0.1) is 0 Å². The highest BCUT2D eigenvalue weighted by Gasteiger charge is 2.10. The third kappa shape index (κ3) is 6.30. The third-order valence-electron chi connectivity index (χ3n) is 3.64. The van der Waals surface area contributed by atoms with E-state index in [0.717, 1.165) is 17.0 Å². The predicted octanol–water partition coefficient (Wildman–Crippen LogP) is 3.33. The summed E-state index contributed by atoms with van der Waals surface area (Å²) in [4.78, 5) is 23.8. The zero-order chi connectivity index (χ0) is 18.1. The summed E-state index contributed by atoms with van der Waals surface area (Å²) in [5.74, 6) is 0.563. The van der Waals surface area contributed by atoms with E-state index in [1.165, 1.54) is 0 Å².